The molecule has 1 saturated heterocycles. The van der Waals surface area contributed by atoms with E-state index in [-0.39, 0.29) is 17.5 Å². The van der Waals surface area contributed by atoms with E-state index in [9.17, 15) is 14.4 Å². The lowest BCUT2D eigenvalue weighted by molar-refractivity contribution is -0.121. The van der Waals surface area contributed by atoms with Crippen LogP contribution in [0.4, 0.5) is 11.4 Å². The number of rotatable bonds is 4. The Morgan fingerprint density at radius 1 is 0.872 bits per heavy atom. The molecule has 4 heterocycles. The SMILES string of the molecule is O=C(c1ccncc1)[C@@H]1[C@H](C(=O)c2ccccc2)N2c3ccc(Cl)cc3C=C[C@@H]2[C@@]12C(=O)Nc1ccccc12. The monoisotopic (exact) mass is 531 g/mol. The zero-order valence-electron chi connectivity index (χ0n) is 20.6. The number of Topliss-reactive ketones (excluding diaryl/α,β-unsaturated/α-hetero) is 2. The van der Waals surface area contributed by atoms with E-state index in [0.717, 1.165) is 11.3 Å². The molecule has 1 amide bonds. The van der Waals surface area contributed by atoms with E-state index in [1.807, 2.05) is 59.5 Å². The third-order valence-corrected chi connectivity index (χ3v) is 8.40. The van der Waals surface area contributed by atoms with Crippen molar-refractivity contribution in [2.75, 3.05) is 10.2 Å². The smallest absolute Gasteiger partial charge is 0.238 e. The fraction of sp³-hybridized carbons (Fsp3) is 0.125. The van der Waals surface area contributed by atoms with Crippen LogP contribution in [0.1, 0.15) is 31.8 Å². The van der Waals surface area contributed by atoms with E-state index >= 15 is 0 Å². The molecule has 7 rings (SSSR count). The predicted molar refractivity (Wildman–Crippen MR) is 150 cm³/mol. The fourth-order valence-electron chi connectivity index (χ4n) is 6.62. The lowest BCUT2D eigenvalue weighted by atomic mass is 9.64. The predicted octanol–water partition coefficient (Wildman–Crippen LogP) is 5.59. The van der Waals surface area contributed by atoms with E-state index in [2.05, 4.69) is 10.3 Å². The number of aromatic nitrogens is 1. The standard InChI is InChI=1S/C32H22ClN3O3/c33-22-11-12-25-21(18-22)10-13-26-32(23-8-4-5-9-24(23)35-31(32)39)27(29(37)20-14-16-34-17-15-20)28(36(25)26)30(38)19-6-2-1-3-7-19/h1-18,26-28H,(H,35,39)/t26-,27+,28-,32-/m1/s1. The molecular weight excluding hydrogens is 510 g/mol. The van der Waals surface area contributed by atoms with Gasteiger partial charge in [0.15, 0.2) is 11.6 Å². The zero-order valence-corrected chi connectivity index (χ0v) is 21.4. The average Bonchev–Trinajstić information content (AvgIpc) is 3.45. The van der Waals surface area contributed by atoms with Gasteiger partial charge in [-0.25, -0.2) is 0 Å². The van der Waals surface area contributed by atoms with Gasteiger partial charge in [-0.2, -0.15) is 0 Å². The Hall–Kier alpha value is -4.55. The highest BCUT2D eigenvalue weighted by Gasteiger charge is 2.70. The van der Waals surface area contributed by atoms with Gasteiger partial charge in [0.1, 0.15) is 11.5 Å². The van der Waals surface area contributed by atoms with Crippen molar-refractivity contribution in [3.05, 3.63) is 131 Å². The Morgan fingerprint density at radius 3 is 2.38 bits per heavy atom. The number of hydrogen-bond acceptors (Lipinski definition) is 5. The van der Waals surface area contributed by atoms with Crippen LogP contribution in [-0.2, 0) is 10.2 Å². The maximum atomic E-state index is 14.6. The summed E-state index contributed by atoms with van der Waals surface area (Å²) in [7, 11) is 0. The minimum Gasteiger partial charge on any atom is -0.352 e. The van der Waals surface area contributed by atoms with Gasteiger partial charge in [-0.15, -0.1) is 0 Å². The minimum atomic E-state index is -1.35. The second-order valence-electron chi connectivity index (χ2n) is 10.0. The molecule has 3 aliphatic rings. The van der Waals surface area contributed by atoms with Crippen molar-refractivity contribution in [1.29, 1.82) is 0 Å². The molecule has 0 saturated carbocycles. The van der Waals surface area contributed by atoms with Crippen molar-refractivity contribution in [1.82, 2.24) is 4.98 Å². The number of pyridine rings is 1. The Kier molecular flexibility index (Phi) is 5.28. The van der Waals surface area contributed by atoms with Crippen LogP contribution in [-0.4, -0.2) is 34.5 Å². The van der Waals surface area contributed by atoms with Gasteiger partial charge in [0.2, 0.25) is 5.91 Å². The van der Waals surface area contributed by atoms with Crippen LogP contribution in [0.15, 0.2) is 103 Å². The molecule has 0 radical (unpaired) electrons. The largest absolute Gasteiger partial charge is 0.352 e. The van der Waals surface area contributed by atoms with Crippen LogP contribution in [0.5, 0.6) is 0 Å². The summed E-state index contributed by atoms with van der Waals surface area (Å²) in [5.74, 6) is -1.82. The first kappa shape index (κ1) is 23.6. The topological polar surface area (TPSA) is 79.4 Å². The first-order valence-electron chi connectivity index (χ1n) is 12.7. The third kappa shape index (κ3) is 3.28. The number of benzene rings is 3. The van der Waals surface area contributed by atoms with Gasteiger partial charge in [-0.05, 0) is 47.5 Å². The van der Waals surface area contributed by atoms with Gasteiger partial charge < -0.3 is 10.2 Å². The van der Waals surface area contributed by atoms with Gasteiger partial charge >= 0.3 is 0 Å². The van der Waals surface area contributed by atoms with Crippen molar-refractivity contribution in [3.63, 3.8) is 0 Å². The summed E-state index contributed by atoms with van der Waals surface area (Å²) in [6.45, 7) is 0. The first-order valence-corrected chi connectivity index (χ1v) is 13.1. The molecule has 4 aromatic rings. The molecule has 190 valence electrons. The van der Waals surface area contributed by atoms with E-state index in [1.165, 1.54) is 0 Å². The van der Waals surface area contributed by atoms with Gasteiger partial charge in [0.25, 0.3) is 0 Å². The van der Waals surface area contributed by atoms with Gasteiger partial charge in [-0.3, -0.25) is 19.4 Å². The highest BCUT2D eigenvalue weighted by Crippen LogP contribution is 2.58. The van der Waals surface area contributed by atoms with Crippen molar-refractivity contribution >= 4 is 46.5 Å². The lowest BCUT2D eigenvalue weighted by Crippen LogP contribution is -2.51. The number of hydrogen-bond donors (Lipinski definition) is 1. The number of fused-ring (bicyclic) bond motifs is 6. The number of para-hydroxylation sites is 1. The molecule has 0 bridgehead atoms. The van der Waals surface area contributed by atoms with E-state index < -0.39 is 23.4 Å². The summed E-state index contributed by atoms with van der Waals surface area (Å²) >= 11 is 6.34. The molecule has 39 heavy (non-hydrogen) atoms. The van der Waals surface area contributed by atoms with Crippen LogP contribution in [0.25, 0.3) is 6.08 Å². The summed E-state index contributed by atoms with van der Waals surface area (Å²) in [4.78, 5) is 49.4. The van der Waals surface area contributed by atoms with Crippen molar-refractivity contribution < 1.29 is 14.4 Å². The van der Waals surface area contributed by atoms with E-state index in [4.69, 9.17) is 11.6 Å². The van der Waals surface area contributed by atoms with E-state index in [0.29, 0.717) is 27.4 Å². The maximum Gasteiger partial charge on any atom is 0.238 e. The molecule has 0 aliphatic carbocycles. The molecule has 1 spiro atoms. The number of ketones is 2. The third-order valence-electron chi connectivity index (χ3n) is 8.17. The van der Waals surface area contributed by atoms with Crippen LogP contribution in [0.3, 0.4) is 0 Å². The second-order valence-corrected chi connectivity index (χ2v) is 10.5. The molecular formula is C32H22ClN3O3. The average molecular weight is 532 g/mol. The summed E-state index contributed by atoms with van der Waals surface area (Å²) in [6, 6.07) is 23.6. The number of amides is 1. The Morgan fingerprint density at radius 2 is 1.59 bits per heavy atom. The van der Waals surface area contributed by atoms with E-state index in [1.54, 1.807) is 54.9 Å². The first-order chi connectivity index (χ1) is 19.0. The highest BCUT2D eigenvalue weighted by molar-refractivity contribution is 6.31. The van der Waals surface area contributed by atoms with Crippen molar-refractivity contribution in [2.24, 2.45) is 5.92 Å². The molecule has 0 unspecified atom stereocenters. The number of carbonyl (C=O) groups excluding carboxylic acids is 3. The zero-order chi connectivity index (χ0) is 26.7. The highest BCUT2D eigenvalue weighted by atomic mass is 35.5. The lowest BCUT2D eigenvalue weighted by Gasteiger charge is -2.37. The number of halogens is 1. The summed E-state index contributed by atoms with van der Waals surface area (Å²) < 4.78 is 0. The molecule has 4 atom stereocenters. The minimum absolute atomic E-state index is 0.224. The Bertz CT molecular complexity index is 1690. The molecule has 3 aliphatic heterocycles. The van der Waals surface area contributed by atoms with Gasteiger partial charge in [0, 0.05) is 39.9 Å². The molecule has 7 heteroatoms. The second kappa shape index (κ2) is 8.75. The van der Waals surface area contributed by atoms with Crippen LogP contribution >= 0.6 is 11.6 Å². The van der Waals surface area contributed by atoms with Crippen molar-refractivity contribution in [3.8, 4) is 0 Å². The normalized spacial score (nSPS) is 24.2. The molecule has 3 aromatic carbocycles. The molecule has 6 nitrogen and oxygen atoms in total. The summed E-state index contributed by atoms with van der Waals surface area (Å²) in [5, 5.41) is 3.60. The Labute approximate surface area is 229 Å². The summed E-state index contributed by atoms with van der Waals surface area (Å²) in [5.41, 5.74) is 2.46. The Balaban J connectivity index is 1.55. The van der Waals surface area contributed by atoms with Crippen LogP contribution in [0, 0.1) is 5.92 Å². The fourth-order valence-corrected chi connectivity index (χ4v) is 6.80. The van der Waals surface area contributed by atoms with Crippen LogP contribution in [0.2, 0.25) is 5.02 Å². The molecule has 1 fully saturated rings. The molecule has 1 aromatic heterocycles. The van der Waals surface area contributed by atoms with Gasteiger partial charge in [0.05, 0.1) is 12.0 Å². The number of carbonyl (C=O) groups is 3. The number of nitrogens with one attached hydrogen (secondary N) is 1. The van der Waals surface area contributed by atoms with Gasteiger partial charge in [-0.1, -0.05) is 72.3 Å². The quantitative estimate of drug-likeness (QED) is 0.347. The summed E-state index contributed by atoms with van der Waals surface area (Å²) in [6.07, 6.45) is 6.97. The maximum absolute atomic E-state index is 14.6. The number of nitrogens with zero attached hydrogens (tertiary/aromatic N) is 2. The van der Waals surface area contributed by atoms with Crippen molar-refractivity contribution in [2.45, 2.75) is 17.5 Å². The molecule has 1 N–H and O–H groups in total. The van der Waals surface area contributed by atoms with Crippen LogP contribution < -0.4 is 10.2 Å². The number of anilines is 2.